The van der Waals surface area contributed by atoms with E-state index < -0.39 is 32.6 Å². The number of piperidine rings is 1. The normalized spacial score (nSPS) is 17.0. The molecule has 5 nitrogen and oxygen atoms in total. The van der Waals surface area contributed by atoms with E-state index in [1.165, 1.54) is 17.7 Å². The lowest BCUT2D eigenvalue weighted by atomic mass is 9.92. The van der Waals surface area contributed by atoms with E-state index in [2.05, 4.69) is 12.2 Å². The first-order chi connectivity index (χ1) is 15.9. The monoisotopic (exact) mass is 496 g/mol. The Balaban J connectivity index is 1.68. The zero-order valence-electron chi connectivity index (χ0n) is 19.6. The van der Waals surface area contributed by atoms with Gasteiger partial charge in [0.05, 0.1) is 16.5 Å². The molecule has 1 amide bonds. The van der Waals surface area contributed by atoms with Crippen LogP contribution in [-0.4, -0.2) is 31.7 Å². The molecule has 9 heteroatoms. The Hall–Kier alpha value is -2.39. The molecular weight excluding hydrogens is 465 g/mol. The fourth-order valence-electron chi connectivity index (χ4n) is 4.29. The molecule has 0 spiro atoms. The van der Waals surface area contributed by atoms with Crippen LogP contribution in [-0.2, 0) is 27.4 Å². The Kier molecular flexibility index (Phi) is 8.08. The molecule has 0 aliphatic carbocycles. The minimum atomic E-state index is -4.77. The van der Waals surface area contributed by atoms with Crippen LogP contribution in [0.15, 0.2) is 53.4 Å². The van der Waals surface area contributed by atoms with Crippen molar-refractivity contribution in [1.29, 1.82) is 0 Å². The first-order valence-electron chi connectivity index (χ1n) is 11.5. The molecular formula is C25H31F3N2O3S. The van der Waals surface area contributed by atoms with Crippen LogP contribution in [0, 0.1) is 11.8 Å². The second-order valence-electron chi connectivity index (χ2n) is 9.00. The lowest BCUT2D eigenvalue weighted by Gasteiger charge is -2.32. The zero-order valence-corrected chi connectivity index (χ0v) is 20.4. The highest BCUT2D eigenvalue weighted by atomic mass is 32.2. The Morgan fingerprint density at radius 1 is 1.06 bits per heavy atom. The number of carbonyl (C=O) groups excluding carboxylic acids is 1. The molecule has 0 saturated carbocycles. The summed E-state index contributed by atoms with van der Waals surface area (Å²) in [6.07, 6.45) is -3.35. The molecule has 0 radical (unpaired) electrons. The number of benzene rings is 2. The van der Waals surface area contributed by atoms with Gasteiger partial charge in [-0.2, -0.15) is 17.5 Å². The van der Waals surface area contributed by atoms with Crippen molar-refractivity contribution in [3.63, 3.8) is 0 Å². The van der Waals surface area contributed by atoms with E-state index in [0.29, 0.717) is 0 Å². The molecule has 34 heavy (non-hydrogen) atoms. The maximum absolute atomic E-state index is 13.3. The largest absolute Gasteiger partial charge is 0.417 e. The summed E-state index contributed by atoms with van der Waals surface area (Å²) in [6.45, 7) is 6.09. The van der Waals surface area contributed by atoms with Crippen LogP contribution in [0.1, 0.15) is 56.3 Å². The second kappa shape index (κ2) is 10.5. The summed E-state index contributed by atoms with van der Waals surface area (Å²) in [5.41, 5.74) is 1.03. The van der Waals surface area contributed by atoms with Gasteiger partial charge in [0.1, 0.15) is 0 Å². The molecule has 2 aromatic carbocycles. The highest BCUT2D eigenvalue weighted by Crippen LogP contribution is 2.36. The number of aryl methyl sites for hydroxylation is 1. The summed E-state index contributed by atoms with van der Waals surface area (Å²) < 4.78 is 67.0. The van der Waals surface area contributed by atoms with Gasteiger partial charge in [-0.05, 0) is 48.4 Å². The summed E-state index contributed by atoms with van der Waals surface area (Å²) in [4.78, 5) is 12.2. The summed E-state index contributed by atoms with van der Waals surface area (Å²) in [6, 6.07) is 12.1. The van der Waals surface area contributed by atoms with Gasteiger partial charge in [-0.15, -0.1) is 0 Å². The number of amides is 1. The quantitative estimate of drug-likeness (QED) is 0.574. The van der Waals surface area contributed by atoms with Gasteiger partial charge in [-0.25, -0.2) is 8.42 Å². The zero-order chi connectivity index (χ0) is 25.1. The SMILES string of the molecule is CCc1ccc(C(NC(=O)C2CCN(S(=O)(=O)c3ccccc3C(F)(F)F)CC2)C(C)C)cc1. The van der Waals surface area contributed by atoms with E-state index in [-0.39, 0.29) is 43.8 Å². The number of alkyl halides is 3. The minimum Gasteiger partial charge on any atom is -0.349 e. The van der Waals surface area contributed by atoms with E-state index >= 15 is 0 Å². The van der Waals surface area contributed by atoms with Crippen LogP contribution >= 0.6 is 0 Å². The van der Waals surface area contributed by atoms with Gasteiger partial charge >= 0.3 is 6.18 Å². The fraction of sp³-hybridized carbons (Fsp3) is 0.480. The van der Waals surface area contributed by atoms with Gasteiger partial charge in [0.25, 0.3) is 0 Å². The van der Waals surface area contributed by atoms with E-state index in [0.717, 1.165) is 28.4 Å². The average Bonchev–Trinajstić information content (AvgIpc) is 2.82. The van der Waals surface area contributed by atoms with E-state index in [4.69, 9.17) is 0 Å². The van der Waals surface area contributed by atoms with Crippen molar-refractivity contribution in [1.82, 2.24) is 9.62 Å². The number of hydrogen-bond donors (Lipinski definition) is 1. The molecule has 1 unspecified atom stereocenters. The molecule has 186 valence electrons. The number of halogens is 3. The molecule has 1 atom stereocenters. The van der Waals surface area contributed by atoms with Crippen LogP contribution in [0.5, 0.6) is 0 Å². The predicted octanol–water partition coefficient (Wildman–Crippen LogP) is 5.18. The molecule has 1 fully saturated rings. The number of sulfonamides is 1. The van der Waals surface area contributed by atoms with Gasteiger partial charge in [0.2, 0.25) is 15.9 Å². The molecule has 0 aromatic heterocycles. The first-order valence-corrected chi connectivity index (χ1v) is 12.9. The molecule has 1 saturated heterocycles. The van der Waals surface area contributed by atoms with E-state index in [1.807, 2.05) is 38.1 Å². The second-order valence-corrected chi connectivity index (χ2v) is 10.9. The average molecular weight is 497 g/mol. The summed E-state index contributed by atoms with van der Waals surface area (Å²) in [5, 5.41) is 3.10. The van der Waals surface area contributed by atoms with Crippen molar-refractivity contribution in [2.24, 2.45) is 11.8 Å². The smallest absolute Gasteiger partial charge is 0.349 e. The molecule has 1 N–H and O–H groups in total. The van der Waals surface area contributed by atoms with Crippen LogP contribution < -0.4 is 5.32 Å². The van der Waals surface area contributed by atoms with Gasteiger partial charge in [-0.3, -0.25) is 4.79 Å². The lowest BCUT2D eigenvalue weighted by Crippen LogP contribution is -2.44. The Morgan fingerprint density at radius 3 is 2.18 bits per heavy atom. The highest BCUT2D eigenvalue weighted by molar-refractivity contribution is 7.89. The van der Waals surface area contributed by atoms with Gasteiger partial charge < -0.3 is 5.32 Å². The third-order valence-electron chi connectivity index (χ3n) is 6.35. The Labute approximate surface area is 199 Å². The van der Waals surface area contributed by atoms with Crippen molar-refractivity contribution in [3.05, 3.63) is 65.2 Å². The lowest BCUT2D eigenvalue weighted by molar-refractivity contribution is -0.139. The van der Waals surface area contributed by atoms with Crippen molar-refractivity contribution in [2.45, 2.75) is 57.1 Å². The number of rotatable bonds is 7. The molecule has 1 heterocycles. The van der Waals surface area contributed by atoms with Crippen LogP contribution in [0.4, 0.5) is 13.2 Å². The van der Waals surface area contributed by atoms with Gasteiger partial charge in [-0.1, -0.05) is 57.2 Å². The standard InChI is InChI=1S/C25H31F3N2O3S/c1-4-18-9-11-19(12-10-18)23(17(2)3)29-24(31)20-13-15-30(16-14-20)34(32,33)22-8-6-5-7-21(22)25(26,27)28/h5-12,17,20,23H,4,13-16H2,1-3H3,(H,29,31). The number of nitrogens with zero attached hydrogens (tertiary/aromatic N) is 1. The van der Waals surface area contributed by atoms with Gasteiger partial charge in [0.15, 0.2) is 0 Å². The Morgan fingerprint density at radius 2 is 1.65 bits per heavy atom. The maximum atomic E-state index is 13.3. The maximum Gasteiger partial charge on any atom is 0.417 e. The molecule has 0 bridgehead atoms. The topological polar surface area (TPSA) is 66.5 Å². The number of nitrogens with one attached hydrogen (secondary N) is 1. The van der Waals surface area contributed by atoms with Crippen LogP contribution in [0.25, 0.3) is 0 Å². The van der Waals surface area contributed by atoms with Crippen LogP contribution in [0.2, 0.25) is 0 Å². The van der Waals surface area contributed by atoms with Gasteiger partial charge in [0, 0.05) is 19.0 Å². The minimum absolute atomic E-state index is 0.00977. The van der Waals surface area contributed by atoms with Crippen molar-refractivity contribution < 1.29 is 26.4 Å². The summed E-state index contributed by atoms with van der Waals surface area (Å²) in [5.74, 6) is -0.415. The molecule has 1 aliphatic heterocycles. The molecule has 1 aliphatic rings. The molecule has 3 rings (SSSR count). The van der Waals surface area contributed by atoms with E-state index in [9.17, 15) is 26.4 Å². The highest BCUT2D eigenvalue weighted by Gasteiger charge is 2.40. The van der Waals surface area contributed by atoms with Crippen molar-refractivity contribution >= 4 is 15.9 Å². The van der Waals surface area contributed by atoms with Crippen LogP contribution in [0.3, 0.4) is 0 Å². The number of hydrogen-bond acceptors (Lipinski definition) is 3. The fourth-order valence-corrected chi connectivity index (χ4v) is 5.97. The number of carbonyl (C=O) groups is 1. The van der Waals surface area contributed by atoms with Crippen molar-refractivity contribution in [3.8, 4) is 0 Å². The summed E-state index contributed by atoms with van der Waals surface area (Å²) >= 11 is 0. The first kappa shape index (κ1) is 26.2. The van der Waals surface area contributed by atoms with Crippen molar-refractivity contribution in [2.75, 3.05) is 13.1 Å². The summed E-state index contributed by atoms with van der Waals surface area (Å²) in [7, 11) is -4.33. The Bertz CT molecular complexity index is 1090. The predicted molar refractivity (Wildman–Crippen MR) is 124 cm³/mol. The van der Waals surface area contributed by atoms with E-state index in [1.54, 1.807) is 0 Å². The molecule has 2 aromatic rings. The third kappa shape index (κ3) is 5.81. The third-order valence-corrected chi connectivity index (χ3v) is 8.30.